The van der Waals surface area contributed by atoms with Crippen LogP contribution in [0, 0.1) is 0 Å². The summed E-state index contributed by atoms with van der Waals surface area (Å²) in [7, 11) is 0. The molecule has 2 amide bonds. The molecule has 6 heteroatoms. The van der Waals surface area contributed by atoms with Gasteiger partial charge in [0, 0.05) is 11.2 Å². The van der Waals surface area contributed by atoms with Crippen molar-refractivity contribution in [2.24, 2.45) is 0 Å². The number of carbonyl (C=O) groups is 1. The number of benzene rings is 2. The fraction of sp³-hybridized carbons (Fsp3) is 0. The molecule has 3 nitrogen and oxygen atoms in total. The van der Waals surface area contributed by atoms with Crippen LogP contribution in [0.4, 0.5) is 10.5 Å². The van der Waals surface area contributed by atoms with E-state index in [9.17, 15) is 4.79 Å². The predicted molar refractivity (Wildman–Crippen MR) is 89.1 cm³/mol. The quantitative estimate of drug-likeness (QED) is 0.767. The zero-order chi connectivity index (χ0) is 15.2. The first-order chi connectivity index (χ1) is 10.1. The highest BCUT2D eigenvalue weighted by atomic mass is 35.5. The number of hydrogen-bond acceptors (Lipinski definition) is 1. The summed E-state index contributed by atoms with van der Waals surface area (Å²) < 4.78 is 0. The Morgan fingerprint density at radius 2 is 1.67 bits per heavy atom. The van der Waals surface area contributed by atoms with Gasteiger partial charge in [-0.3, -0.25) is 0 Å². The summed E-state index contributed by atoms with van der Waals surface area (Å²) >= 11 is 17.8. The number of nitrogens with one attached hydrogen (secondary N) is 2. The minimum absolute atomic E-state index is 0.370. The number of carbonyl (C=O) groups excluding carboxylic acids is 1. The summed E-state index contributed by atoms with van der Waals surface area (Å²) in [5.41, 5.74) is 1.24. The fourth-order valence-corrected chi connectivity index (χ4v) is 2.28. The third kappa shape index (κ3) is 4.67. The molecule has 2 aromatic rings. The molecular formula is C15H11Cl3N2O. The van der Waals surface area contributed by atoms with Gasteiger partial charge in [-0.1, -0.05) is 53.0 Å². The number of hydrogen-bond donors (Lipinski definition) is 2. The summed E-state index contributed by atoms with van der Waals surface area (Å²) in [6.07, 6.45) is 3.23. The van der Waals surface area contributed by atoms with Crippen LogP contribution in [0.25, 0.3) is 6.08 Å². The van der Waals surface area contributed by atoms with Gasteiger partial charge in [-0.2, -0.15) is 0 Å². The Balaban J connectivity index is 1.96. The van der Waals surface area contributed by atoms with Crippen molar-refractivity contribution in [3.8, 4) is 0 Å². The van der Waals surface area contributed by atoms with Crippen LogP contribution in [0.3, 0.4) is 0 Å². The second-order valence-electron chi connectivity index (χ2n) is 4.08. The van der Waals surface area contributed by atoms with E-state index in [0.717, 1.165) is 5.56 Å². The highest BCUT2D eigenvalue weighted by Gasteiger charge is 2.07. The van der Waals surface area contributed by atoms with E-state index in [1.54, 1.807) is 36.4 Å². The van der Waals surface area contributed by atoms with Crippen molar-refractivity contribution in [3.05, 3.63) is 69.3 Å². The minimum atomic E-state index is -0.441. The Morgan fingerprint density at radius 3 is 2.33 bits per heavy atom. The molecule has 0 bridgehead atoms. The average molecular weight is 342 g/mol. The van der Waals surface area contributed by atoms with E-state index in [1.807, 2.05) is 12.1 Å². The van der Waals surface area contributed by atoms with Crippen LogP contribution < -0.4 is 10.6 Å². The lowest BCUT2D eigenvalue weighted by Crippen LogP contribution is -2.24. The second kappa shape index (κ2) is 7.36. The van der Waals surface area contributed by atoms with Crippen LogP contribution in [-0.4, -0.2) is 6.03 Å². The highest BCUT2D eigenvalue weighted by Crippen LogP contribution is 2.29. The number of rotatable bonds is 3. The van der Waals surface area contributed by atoms with E-state index in [2.05, 4.69) is 10.6 Å². The third-order valence-electron chi connectivity index (χ3n) is 2.54. The van der Waals surface area contributed by atoms with Gasteiger partial charge in [-0.15, -0.1) is 0 Å². The molecule has 0 aromatic heterocycles. The van der Waals surface area contributed by atoms with Crippen LogP contribution >= 0.6 is 34.8 Å². The molecule has 0 unspecified atom stereocenters. The van der Waals surface area contributed by atoms with Crippen LogP contribution in [-0.2, 0) is 0 Å². The first-order valence-corrected chi connectivity index (χ1v) is 7.13. The fourth-order valence-electron chi connectivity index (χ4n) is 1.59. The molecule has 2 N–H and O–H groups in total. The van der Waals surface area contributed by atoms with E-state index in [1.165, 1.54) is 6.20 Å². The molecule has 2 aromatic carbocycles. The number of amides is 2. The number of urea groups is 1. The van der Waals surface area contributed by atoms with Crippen molar-refractivity contribution >= 4 is 52.6 Å². The lowest BCUT2D eigenvalue weighted by molar-refractivity contribution is 0.255. The van der Waals surface area contributed by atoms with E-state index >= 15 is 0 Å². The van der Waals surface area contributed by atoms with Crippen LogP contribution in [0.1, 0.15) is 5.56 Å². The molecule has 0 saturated carbocycles. The predicted octanol–water partition coefficient (Wildman–Crippen LogP) is 5.44. The van der Waals surface area contributed by atoms with Crippen LogP contribution in [0.2, 0.25) is 15.1 Å². The van der Waals surface area contributed by atoms with Gasteiger partial charge in [0.05, 0.1) is 15.7 Å². The number of anilines is 1. The van der Waals surface area contributed by atoms with E-state index < -0.39 is 6.03 Å². The highest BCUT2D eigenvalue weighted by molar-refractivity contribution is 6.39. The van der Waals surface area contributed by atoms with Crippen molar-refractivity contribution in [2.75, 3.05) is 5.32 Å². The molecule has 0 saturated heterocycles. The largest absolute Gasteiger partial charge is 0.323 e. The summed E-state index contributed by atoms with van der Waals surface area (Å²) in [6, 6.07) is 11.8. The molecule has 0 aliphatic rings. The lowest BCUT2D eigenvalue weighted by atomic mass is 10.2. The SMILES string of the molecule is O=C(N/C=C/c1cccc(Cl)c1)Nc1c(Cl)cccc1Cl. The summed E-state index contributed by atoms with van der Waals surface area (Å²) in [5, 5.41) is 6.52. The maximum Gasteiger partial charge on any atom is 0.323 e. The Labute approximate surface area is 137 Å². The van der Waals surface area contributed by atoms with Crippen LogP contribution in [0.15, 0.2) is 48.7 Å². The third-order valence-corrected chi connectivity index (χ3v) is 3.41. The van der Waals surface area contributed by atoms with Gasteiger partial charge in [0.15, 0.2) is 0 Å². The van der Waals surface area contributed by atoms with E-state index in [-0.39, 0.29) is 0 Å². The summed E-state index contributed by atoms with van der Waals surface area (Å²) in [5.74, 6) is 0. The molecule has 2 rings (SSSR count). The van der Waals surface area contributed by atoms with Gasteiger partial charge < -0.3 is 10.6 Å². The second-order valence-corrected chi connectivity index (χ2v) is 5.33. The van der Waals surface area contributed by atoms with Gasteiger partial charge in [0.2, 0.25) is 0 Å². The smallest absolute Gasteiger partial charge is 0.314 e. The Hall–Kier alpha value is -1.68. The zero-order valence-corrected chi connectivity index (χ0v) is 13.0. The molecule has 108 valence electrons. The standard InChI is InChI=1S/C15H11Cl3N2O/c16-11-4-1-3-10(9-11)7-8-19-15(21)20-14-12(17)5-2-6-13(14)18/h1-9H,(H2,19,20,21)/b8-7+. The Bertz CT molecular complexity index is 666. The monoisotopic (exact) mass is 340 g/mol. The lowest BCUT2D eigenvalue weighted by Gasteiger charge is -2.08. The molecular weight excluding hydrogens is 331 g/mol. The zero-order valence-electron chi connectivity index (χ0n) is 10.7. The molecule has 0 aliphatic carbocycles. The van der Waals surface area contributed by atoms with Gasteiger partial charge >= 0.3 is 6.03 Å². The summed E-state index contributed by atoms with van der Waals surface area (Å²) in [6.45, 7) is 0. The molecule has 0 heterocycles. The first-order valence-electron chi connectivity index (χ1n) is 6.00. The van der Waals surface area contributed by atoms with Gasteiger partial charge in [0.25, 0.3) is 0 Å². The number of halogens is 3. The maximum absolute atomic E-state index is 11.8. The van der Waals surface area contributed by atoms with E-state index in [0.29, 0.717) is 20.8 Å². The molecule has 0 fully saturated rings. The van der Waals surface area contributed by atoms with Crippen LogP contribution in [0.5, 0.6) is 0 Å². The molecule has 0 radical (unpaired) electrons. The molecule has 21 heavy (non-hydrogen) atoms. The van der Waals surface area contributed by atoms with Crippen molar-refractivity contribution in [2.45, 2.75) is 0 Å². The van der Waals surface area contributed by atoms with Gasteiger partial charge in [0.1, 0.15) is 0 Å². The van der Waals surface area contributed by atoms with Crippen molar-refractivity contribution in [1.82, 2.24) is 5.32 Å². The topological polar surface area (TPSA) is 41.1 Å². The first kappa shape index (κ1) is 15.7. The maximum atomic E-state index is 11.8. The normalized spacial score (nSPS) is 10.6. The van der Waals surface area contributed by atoms with Gasteiger partial charge in [-0.25, -0.2) is 4.79 Å². The summed E-state index contributed by atoms with van der Waals surface area (Å²) in [4.78, 5) is 11.8. The minimum Gasteiger partial charge on any atom is -0.314 e. The van der Waals surface area contributed by atoms with Crippen molar-refractivity contribution in [1.29, 1.82) is 0 Å². The molecule has 0 aliphatic heterocycles. The van der Waals surface area contributed by atoms with E-state index in [4.69, 9.17) is 34.8 Å². The number of para-hydroxylation sites is 1. The Kier molecular flexibility index (Phi) is 5.51. The average Bonchev–Trinajstić information content (AvgIpc) is 2.43. The molecule has 0 atom stereocenters. The van der Waals surface area contributed by atoms with Gasteiger partial charge in [-0.05, 0) is 35.9 Å². The molecule has 0 spiro atoms. The van der Waals surface area contributed by atoms with Crippen molar-refractivity contribution in [3.63, 3.8) is 0 Å². The Morgan fingerprint density at radius 1 is 1.00 bits per heavy atom. The van der Waals surface area contributed by atoms with Crippen molar-refractivity contribution < 1.29 is 4.79 Å².